The third-order valence-corrected chi connectivity index (χ3v) is 2.40. The molecule has 0 bridgehead atoms. The van der Waals surface area contributed by atoms with Gasteiger partial charge in [-0.3, -0.25) is 0 Å². The molecule has 0 spiro atoms. The first-order valence-corrected chi connectivity index (χ1v) is 4.90. The molecule has 1 heterocycles. The van der Waals surface area contributed by atoms with Gasteiger partial charge in [-0.15, -0.1) is 0 Å². The van der Waals surface area contributed by atoms with Crippen molar-refractivity contribution in [2.45, 2.75) is 38.3 Å². The van der Waals surface area contributed by atoms with Crippen molar-refractivity contribution in [2.75, 3.05) is 19.7 Å². The predicted octanol–water partition coefficient (Wildman–Crippen LogP) is 0.0989. The van der Waals surface area contributed by atoms with E-state index in [1.807, 2.05) is 6.92 Å². The molecule has 0 saturated carbocycles. The van der Waals surface area contributed by atoms with Gasteiger partial charge < -0.3 is 15.7 Å². The Morgan fingerprint density at radius 2 is 2.42 bits per heavy atom. The molecule has 12 heavy (non-hydrogen) atoms. The maximum atomic E-state index is 8.78. The number of aliphatic hydroxyl groups excluding tert-OH is 1. The highest BCUT2D eigenvalue weighted by Gasteiger charge is 2.12. The van der Waals surface area contributed by atoms with Crippen LogP contribution in [-0.2, 0) is 0 Å². The van der Waals surface area contributed by atoms with Crippen LogP contribution in [0.5, 0.6) is 0 Å². The number of rotatable bonds is 4. The van der Waals surface area contributed by atoms with Gasteiger partial charge in [0.15, 0.2) is 0 Å². The fourth-order valence-electron chi connectivity index (χ4n) is 1.51. The van der Waals surface area contributed by atoms with Crippen molar-refractivity contribution >= 4 is 0 Å². The van der Waals surface area contributed by atoms with Crippen LogP contribution in [0.3, 0.4) is 0 Å². The van der Waals surface area contributed by atoms with Crippen LogP contribution in [0, 0.1) is 0 Å². The lowest BCUT2D eigenvalue weighted by Crippen LogP contribution is -2.44. The van der Waals surface area contributed by atoms with Crippen LogP contribution >= 0.6 is 0 Å². The van der Waals surface area contributed by atoms with Gasteiger partial charge in [0.05, 0.1) is 6.61 Å². The lowest BCUT2D eigenvalue weighted by molar-refractivity contribution is 0.244. The molecule has 72 valence electrons. The maximum Gasteiger partial charge on any atom is 0.0581 e. The summed E-state index contributed by atoms with van der Waals surface area (Å²) < 4.78 is 0. The Kier molecular flexibility index (Phi) is 4.58. The number of hydrogen-bond donors (Lipinski definition) is 3. The fraction of sp³-hybridized carbons (Fsp3) is 1.00. The van der Waals surface area contributed by atoms with Crippen molar-refractivity contribution in [3.8, 4) is 0 Å². The van der Waals surface area contributed by atoms with Crippen molar-refractivity contribution in [3.63, 3.8) is 0 Å². The van der Waals surface area contributed by atoms with Crippen LogP contribution in [0.15, 0.2) is 0 Å². The Labute approximate surface area is 74.5 Å². The molecule has 1 rings (SSSR count). The summed E-state index contributed by atoms with van der Waals surface area (Å²) in [5.41, 5.74) is 0. The first-order valence-electron chi connectivity index (χ1n) is 4.90. The molecule has 1 saturated heterocycles. The molecular weight excluding hydrogens is 152 g/mol. The van der Waals surface area contributed by atoms with Crippen LogP contribution in [0.1, 0.15) is 26.2 Å². The average molecular weight is 172 g/mol. The van der Waals surface area contributed by atoms with E-state index in [1.165, 1.54) is 19.3 Å². The Balaban J connectivity index is 2.05. The van der Waals surface area contributed by atoms with E-state index >= 15 is 0 Å². The van der Waals surface area contributed by atoms with Gasteiger partial charge in [-0.2, -0.15) is 0 Å². The standard InChI is InChI=1S/C9H20N2O/c1-8(7-12)11-6-9-4-2-3-5-10-9/h8-12H,2-7H2,1H3. The Morgan fingerprint density at radius 1 is 1.58 bits per heavy atom. The van der Waals surface area contributed by atoms with Crippen LogP contribution in [0.2, 0.25) is 0 Å². The van der Waals surface area contributed by atoms with Gasteiger partial charge in [-0.25, -0.2) is 0 Å². The molecule has 0 aromatic carbocycles. The molecule has 2 unspecified atom stereocenters. The largest absolute Gasteiger partial charge is 0.395 e. The van der Waals surface area contributed by atoms with E-state index in [0.29, 0.717) is 6.04 Å². The molecule has 3 N–H and O–H groups in total. The van der Waals surface area contributed by atoms with Crippen molar-refractivity contribution < 1.29 is 5.11 Å². The van der Waals surface area contributed by atoms with E-state index in [1.54, 1.807) is 0 Å². The topological polar surface area (TPSA) is 44.3 Å². The van der Waals surface area contributed by atoms with Crippen molar-refractivity contribution in [1.29, 1.82) is 0 Å². The van der Waals surface area contributed by atoms with E-state index < -0.39 is 0 Å². The van der Waals surface area contributed by atoms with E-state index in [9.17, 15) is 0 Å². The van der Waals surface area contributed by atoms with E-state index in [-0.39, 0.29) is 12.6 Å². The maximum absolute atomic E-state index is 8.78. The van der Waals surface area contributed by atoms with E-state index in [0.717, 1.165) is 13.1 Å². The van der Waals surface area contributed by atoms with Crippen LogP contribution in [-0.4, -0.2) is 36.9 Å². The molecule has 0 aromatic heterocycles. The SMILES string of the molecule is CC(CO)NCC1CCCCN1. The van der Waals surface area contributed by atoms with E-state index in [4.69, 9.17) is 5.11 Å². The summed E-state index contributed by atoms with van der Waals surface area (Å²) in [6.07, 6.45) is 3.92. The molecule has 3 nitrogen and oxygen atoms in total. The van der Waals surface area contributed by atoms with Gasteiger partial charge in [0.1, 0.15) is 0 Å². The zero-order valence-electron chi connectivity index (χ0n) is 7.84. The summed E-state index contributed by atoms with van der Waals surface area (Å²) in [7, 11) is 0. The minimum atomic E-state index is 0.229. The van der Waals surface area contributed by atoms with Gasteiger partial charge in [0, 0.05) is 18.6 Å². The lowest BCUT2D eigenvalue weighted by atomic mass is 10.1. The highest BCUT2D eigenvalue weighted by Crippen LogP contribution is 2.05. The van der Waals surface area contributed by atoms with Crippen molar-refractivity contribution in [3.05, 3.63) is 0 Å². The lowest BCUT2D eigenvalue weighted by Gasteiger charge is -2.25. The smallest absolute Gasteiger partial charge is 0.0581 e. The van der Waals surface area contributed by atoms with Gasteiger partial charge in [0.2, 0.25) is 0 Å². The van der Waals surface area contributed by atoms with Crippen LogP contribution < -0.4 is 10.6 Å². The fourth-order valence-corrected chi connectivity index (χ4v) is 1.51. The Morgan fingerprint density at radius 3 is 3.00 bits per heavy atom. The van der Waals surface area contributed by atoms with Gasteiger partial charge >= 0.3 is 0 Å². The first-order chi connectivity index (χ1) is 5.83. The van der Waals surface area contributed by atoms with Crippen LogP contribution in [0.4, 0.5) is 0 Å². The molecule has 0 aliphatic carbocycles. The monoisotopic (exact) mass is 172 g/mol. The molecule has 3 heteroatoms. The second-order valence-corrected chi connectivity index (χ2v) is 3.64. The number of aliphatic hydroxyl groups is 1. The summed E-state index contributed by atoms with van der Waals surface area (Å²) in [5.74, 6) is 0. The van der Waals surface area contributed by atoms with Gasteiger partial charge in [0.25, 0.3) is 0 Å². The molecule has 1 fully saturated rings. The number of nitrogens with one attached hydrogen (secondary N) is 2. The summed E-state index contributed by atoms with van der Waals surface area (Å²) >= 11 is 0. The Bertz CT molecular complexity index is 113. The minimum Gasteiger partial charge on any atom is -0.395 e. The van der Waals surface area contributed by atoms with Crippen molar-refractivity contribution in [1.82, 2.24) is 10.6 Å². The van der Waals surface area contributed by atoms with Gasteiger partial charge in [-0.05, 0) is 26.3 Å². The number of hydrogen-bond acceptors (Lipinski definition) is 3. The minimum absolute atomic E-state index is 0.229. The zero-order valence-corrected chi connectivity index (χ0v) is 7.84. The predicted molar refractivity (Wildman–Crippen MR) is 50.2 cm³/mol. The highest BCUT2D eigenvalue weighted by molar-refractivity contribution is 4.75. The molecule has 0 radical (unpaired) electrons. The molecule has 2 atom stereocenters. The molecule has 0 aromatic rings. The zero-order chi connectivity index (χ0) is 8.81. The third kappa shape index (κ3) is 3.52. The quantitative estimate of drug-likeness (QED) is 0.563. The molecular formula is C9H20N2O. The molecule has 1 aliphatic heterocycles. The summed E-state index contributed by atoms with van der Waals surface area (Å²) in [5, 5.41) is 15.5. The summed E-state index contributed by atoms with van der Waals surface area (Å²) in [4.78, 5) is 0. The molecule has 0 amide bonds. The number of piperidine rings is 1. The summed E-state index contributed by atoms with van der Waals surface area (Å²) in [6, 6.07) is 0.849. The van der Waals surface area contributed by atoms with Crippen LogP contribution in [0.25, 0.3) is 0 Å². The van der Waals surface area contributed by atoms with E-state index in [2.05, 4.69) is 10.6 Å². The Hall–Kier alpha value is -0.120. The summed E-state index contributed by atoms with van der Waals surface area (Å²) in [6.45, 7) is 4.37. The first kappa shape index (κ1) is 9.96. The van der Waals surface area contributed by atoms with Gasteiger partial charge in [-0.1, -0.05) is 6.42 Å². The second-order valence-electron chi connectivity index (χ2n) is 3.64. The molecule has 1 aliphatic rings. The van der Waals surface area contributed by atoms with Crippen molar-refractivity contribution in [2.24, 2.45) is 0 Å². The second kappa shape index (κ2) is 5.51. The highest BCUT2D eigenvalue weighted by atomic mass is 16.3. The average Bonchev–Trinajstić information content (AvgIpc) is 2.16. The normalized spacial score (nSPS) is 27.0. The third-order valence-electron chi connectivity index (χ3n) is 2.40.